The quantitative estimate of drug-likeness (QED) is 0.349. The molecule has 9 heteroatoms. The average Bonchev–Trinajstić information content (AvgIpc) is 2.91. The van der Waals surface area contributed by atoms with Gasteiger partial charge in [-0.1, -0.05) is 78.5 Å². The number of thioether (sulfide) groups is 1. The van der Waals surface area contributed by atoms with Crippen LogP contribution in [0.3, 0.4) is 0 Å². The maximum Gasteiger partial charge on any atom is 0.338 e. The van der Waals surface area contributed by atoms with Crippen molar-refractivity contribution >= 4 is 23.7 Å². The third-order valence-corrected chi connectivity index (χ3v) is 6.70. The van der Waals surface area contributed by atoms with Crippen LogP contribution in [0, 0.1) is 0 Å². The number of hydrogen-bond donors (Lipinski definition) is 2. The fourth-order valence-corrected chi connectivity index (χ4v) is 4.85. The topological polar surface area (TPSA) is 112 Å². The molecule has 1 heterocycles. The van der Waals surface area contributed by atoms with Crippen LogP contribution in [0.2, 0.25) is 0 Å². The van der Waals surface area contributed by atoms with Crippen LogP contribution in [0.1, 0.15) is 15.9 Å². The van der Waals surface area contributed by atoms with Crippen LogP contribution in [0.25, 0.3) is 0 Å². The number of carbonyl (C=O) groups is 2. The molecular formula is C27H26O8S. The van der Waals surface area contributed by atoms with E-state index in [4.69, 9.17) is 18.9 Å². The van der Waals surface area contributed by atoms with Gasteiger partial charge in [-0.3, -0.25) is 0 Å². The maximum absolute atomic E-state index is 13.0. The second-order valence-electron chi connectivity index (χ2n) is 8.05. The maximum atomic E-state index is 13.0. The van der Waals surface area contributed by atoms with Crippen molar-refractivity contribution in [2.75, 3.05) is 7.11 Å². The van der Waals surface area contributed by atoms with Crippen LogP contribution in [0.15, 0.2) is 95.9 Å². The summed E-state index contributed by atoms with van der Waals surface area (Å²) in [5.41, 5.74) is 1.01. The predicted molar refractivity (Wildman–Crippen MR) is 131 cm³/mol. The van der Waals surface area contributed by atoms with Gasteiger partial charge in [0, 0.05) is 4.90 Å². The third-order valence-electron chi connectivity index (χ3n) is 5.57. The van der Waals surface area contributed by atoms with Crippen molar-refractivity contribution in [1.82, 2.24) is 0 Å². The first-order valence-electron chi connectivity index (χ1n) is 11.2. The van der Waals surface area contributed by atoms with Gasteiger partial charge in [0.25, 0.3) is 5.12 Å². The van der Waals surface area contributed by atoms with E-state index in [0.29, 0.717) is 4.90 Å². The standard InChI is InChI=1S/C27H26O8S/c1-32-26(30)23-21(28)22(33-17-18-11-5-2-6-12-18)24(34-25(29)19-13-7-3-8-14-19)27(31,35-23)36-20-15-9-4-10-16-20/h2-16,21-24,28,31H,17H2,1H3/t21-,22-,23-,24+,27-/m0/s1. The molecule has 1 aliphatic heterocycles. The average molecular weight is 511 g/mol. The Morgan fingerprint density at radius 2 is 1.53 bits per heavy atom. The molecule has 5 atom stereocenters. The van der Waals surface area contributed by atoms with E-state index in [1.54, 1.807) is 60.7 Å². The highest BCUT2D eigenvalue weighted by atomic mass is 32.2. The summed E-state index contributed by atoms with van der Waals surface area (Å²) in [5.74, 6) is -1.66. The normalized spacial score (nSPS) is 25.6. The summed E-state index contributed by atoms with van der Waals surface area (Å²) in [4.78, 5) is 26.1. The van der Waals surface area contributed by atoms with Crippen molar-refractivity contribution < 1.29 is 38.7 Å². The minimum absolute atomic E-state index is 0.0158. The third kappa shape index (κ3) is 5.95. The van der Waals surface area contributed by atoms with Crippen LogP contribution >= 0.6 is 11.8 Å². The Labute approximate surface area is 212 Å². The van der Waals surface area contributed by atoms with Gasteiger partial charge >= 0.3 is 11.9 Å². The van der Waals surface area contributed by atoms with E-state index in [9.17, 15) is 19.8 Å². The van der Waals surface area contributed by atoms with Crippen LogP contribution in [-0.2, 0) is 30.3 Å². The fourth-order valence-electron chi connectivity index (χ4n) is 3.77. The molecule has 0 radical (unpaired) electrons. The lowest BCUT2D eigenvalue weighted by molar-refractivity contribution is -0.305. The molecule has 188 valence electrons. The van der Waals surface area contributed by atoms with E-state index in [1.807, 2.05) is 30.3 Å². The Balaban J connectivity index is 1.71. The Bertz CT molecular complexity index is 1140. The molecule has 8 nitrogen and oxygen atoms in total. The fraction of sp³-hybridized carbons (Fsp3) is 0.259. The van der Waals surface area contributed by atoms with E-state index >= 15 is 0 Å². The monoisotopic (exact) mass is 510 g/mol. The first-order chi connectivity index (χ1) is 17.4. The molecule has 3 aromatic rings. The summed E-state index contributed by atoms with van der Waals surface area (Å²) in [6, 6.07) is 26.1. The van der Waals surface area contributed by atoms with Crippen LogP contribution < -0.4 is 0 Å². The molecule has 1 fully saturated rings. The number of methoxy groups -OCH3 is 1. The Kier molecular flexibility index (Phi) is 8.40. The largest absolute Gasteiger partial charge is 0.467 e. The summed E-state index contributed by atoms with van der Waals surface area (Å²) < 4.78 is 22.2. The number of aliphatic hydroxyl groups is 2. The molecule has 0 aliphatic carbocycles. The van der Waals surface area contributed by atoms with Gasteiger partial charge in [-0.2, -0.15) is 0 Å². The van der Waals surface area contributed by atoms with Gasteiger partial charge < -0.3 is 29.2 Å². The van der Waals surface area contributed by atoms with Gasteiger partial charge in [0.15, 0.2) is 12.2 Å². The van der Waals surface area contributed by atoms with Crippen LogP contribution in [0.4, 0.5) is 0 Å². The summed E-state index contributed by atoms with van der Waals surface area (Å²) in [5, 5.41) is 20.5. The molecule has 2 N–H and O–H groups in total. The van der Waals surface area contributed by atoms with Gasteiger partial charge in [-0.05, 0) is 29.8 Å². The smallest absolute Gasteiger partial charge is 0.338 e. The molecule has 1 saturated heterocycles. The first-order valence-corrected chi connectivity index (χ1v) is 12.0. The van der Waals surface area contributed by atoms with E-state index in [0.717, 1.165) is 24.4 Å². The van der Waals surface area contributed by atoms with Crippen molar-refractivity contribution in [1.29, 1.82) is 0 Å². The van der Waals surface area contributed by atoms with Gasteiger partial charge in [0.2, 0.25) is 0 Å². The summed E-state index contributed by atoms with van der Waals surface area (Å²) >= 11 is 0.828. The van der Waals surface area contributed by atoms with Crippen molar-refractivity contribution in [3.05, 3.63) is 102 Å². The number of carbonyl (C=O) groups excluding carboxylic acids is 2. The summed E-state index contributed by atoms with van der Waals surface area (Å²) in [6.07, 6.45) is -6.05. The number of ether oxygens (including phenoxy) is 4. The second kappa shape index (κ2) is 11.7. The molecule has 4 rings (SSSR count). The number of esters is 2. The molecule has 1 aliphatic rings. The van der Waals surface area contributed by atoms with E-state index in [2.05, 4.69) is 0 Å². The lowest BCUT2D eigenvalue weighted by Crippen LogP contribution is -2.66. The van der Waals surface area contributed by atoms with Crippen molar-refractivity contribution in [2.24, 2.45) is 0 Å². The highest BCUT2D eigenvalue weighted by Gasteiger charge is 2.59. The minimum atomic E-state index is -2.30. The second-order valence-corrected chi connectivity index (χ2v) is 9.31. The highest BCUT2D eigenvalue weighted by Crippen LogP contribution is 2.44. The number of aliphatic hydroxyl groups excluding tert-OH is 1. The van der Waals surface area contributed by atoms with Crippen molar-refractivity contribution in [3.63, 3.8) is 0 Å². The predicted octanol–water partition coefficient (Wildman–Crippen LogP) is 3.17. The zero-order valence-electron chi connectivity index (χ0n) is 19.4. The molecule has 0 saturated carbocycles. The van der Waals surface area contributed by atoms with Gasteiger partial charge in [0.1, 0.15) is 12.2 Å². The number of hydrogen-bond acceptors (Lipinski definition) is 9. The first kappa shape index (κ1) is 25.9. The molecule has 0 aromatic heterocycles. The number of rotatable bonds is 8. The van der Waals surface area contributed by atoms with Crippen LogP contribution in [0.5, 0.6) is 0 Å². The van der Waals surface area contributed by atoms with Gasteiger partial charge in [0.05, 0.1) is 19.3 Å². The lowest BCUT2D eigenvalue weighted by atomic mass is 9.97. The number of benzene rings is 3. The van der Waals surface area contributed by atoms with E-state index in [-0.39, 0.29) is 12.2 Å². The van der Waals surface area contributed by atoms with Crippen molar-refractivity contribution in [3.8, 4) is 0 Å². The zero-order valence-corrected chi connectivity index (χ0v) is 20.2. The van der Waals surface area contributed by atoms with Gasteiger partial charge in [-0.25, -0.2) is 9.59 Å². The molecule has 0 bridgehead atoms. The Morgan fingerprint density at radius 3 is 2.14 bits per heavy atom. The van der Waals surface area contributed by atoms with E-state index < -0.39 is 41.5 Å². The SMILES string of the molecule is COC(=O)[C@H]1O[C@](O)(Sc2ccccc2)[C@H](OC(=O)c2ccccc2)[C@@H](OCc2ccccc2)[C@@H]1O. The van der Waals surface area contributed by atoms with Crippen LogP contribution in [-0.4, -0.2) is 58.8 Å². The lowest BCUT2D eigenvalue weighted by Gasteiger charge is -2.47. The summed E-state index contributed by atoms with van der Waals surface area (Å²) in [6.45, 7) is 0.0158. The summed E-state index contributed by atoms with van der Waals surface area (Å²) in [7, 11) is 1.14. The molecule has 0 unspecified atom stereocenters. The molecular weight excluding hydrogens is 484 g/mol. The molecule has 36 heavy (non-hydrogen) atoms. The van der Waals surface area contributed by atoms with Gasteiger partial charge in [-0.15, -0.1) is 0 Å². The van der Waals surface area contributed by atoms with E-state index in [1.165, 1.54) is 0 Å². The molecule has 0 amide bonds. The van der Waals surface area contributed by atoms with Crippen molar-refractivity contribution in [2.45, 2.75) is 41.0 Å². The minimum Gasteiger partial charge on any atom is -0.467 e. The Hall–Kier alpha value is -3.21. The molecule has 0 spiro atoms. The highest BCUT2D eigenvalue weighted by molar-refractivity contribution is 8.00. The zero-order chi connectivity index (χ0) is 25.5. The Morgan fingerprint density at radius 1 is 0.944 bits per heavy atom. The molecule has 3 aromatic carbocycles.